The van der Waals surface area contributed by atoms with Crippen LogP contribution in [0.3, 0.4) is 0 Å². The van der Waals surface area contributed by atoms with Gasteiger partial charge in [0, 0.05) is 71.3 Å². The molecule has 0 bridgehead atoms. The summed E-state index contributed by atoms with van der Waals surface area (Å²) in [4.78, 5) is 60.0. The number of rotatable bonds is 12. The van der Waals surface area contributed by atoms with Crippen LogP contribution in [0.5, 0.6) is 0 Å². The lowest BCUT2D eigenvalue weighted by Gasteiger charge is -2.20. The fourth-order valence-corrected chi connectivity index (χ4v) is 11.6. The number of nitro benzene ring substituents is 3. The van der Waals surface area contributed by atoms with Crippen molar-refractivity contribution in [3.05, 3.63) is 150 Å². The molecule has 6 aromatic rings. The number of ether oxygens (including phenoxy) is 4. The molecule has 0 aliphatic heterocycles. The largest absolute Gasteiger partial charge is 0.519 e. The van der Waals surface area contributed by atoms with Crippen LogP contribution >= 0.6 is 33.9 Å². The number of anilines is 7. The molecule has 6 rings (SSSR count). The average molecular weight is 1800 g/mol. The van der Waals surface area contributed by atoms with Crippen molar-refractivity contribution in [1.82, 2.24) is 0 Å². The van der Waals surface area contributed by atoms with Crippen LogP contribution in [0.1, 0.15) is 62.3 Å². The minimum Gasteiger partial charge on any atom is -0.444 e. The van der Waals surface area contributed by atoms with Crippen molar-refractivity contribution in [2.24, 2.45) is 25.7 Å². The number of halogens is 3. The molecule has 0 aromatic heterocycles. The van der Waals surface area contributed by atoms with Crippen molar-refractivity contribution in [2.45, 2.75) is 108 Å². The normalized spacial score (nSPS) is 11.5. The van der Waals surface area contributed by atoms with E-state index in [2.05, 4.69) is 25.5 Å². The number of primary sulfonamides is 5. The van der Waals surface area contributed by atoms with Gasteiger partial charge in [-0.05, 0) is 135 Å². The molecule has 0 aliphatic rings. The Bertz CT molecular complexity index is 5080. The van der Waals surface area contributed by atoms with Gasteiger partial charge in [0.1, 0.15) is 46.2 Å². The Morgan fingerprint density at radius 3 is 0.973 bits per heavy atom. The average Bonchev–Trinajstić information content (AvgIpc) is 0.839. The Kier molecular flexibility index (Phi) is 40.7. The van der Waals surface area contributed by atoms with Crippen molar-refractivity contribution in [3.63, 3.8) is 0 Å². The van der Waals surface area contributed by atoms with E-state index in [-0.39, 0.29) is 70.2 Å². The predicted octanol–water partition coefficient (Wildman–Crippen LogP) is 4.93. The topological polar surface area (TPSA) is 815 Å². The number of non-ortho nitro benzene ring substituents is 3. The van der Waals surface area contributed by atoms with Gasteiger partial charge in [-0.2, -0.15) is 8.42 Å². The number of nitrogens with one attached hydrogen (secondary N) is 2. The molecule has 111 heavy (non-hydrogen) atoms. The highest BCUT2D eigenvalue weighted by atomic mass is 35.7. The number of carbonyl (C=O) groups is 3. The fraction of sp³-hybridized carbons (Fsp3) is 0.278. The first-order chi connectivity index (χ1) is 49.4. The van der Waals surface area contributed by atoms with E-state index in [1.54, 1.807) is 62.3 Å². The second-order valence-corrected chi connectivity index (χ2v) is 38.1. The van der Waals surface area contributed by atoms with Crippen LogP contribution in [0.4, 0.5) is 71.3 Å². The second kappa shape index (κ2) is 42.8. The molecule has 0 unspecified atom stereocenters. The summed E-state index contributed by atoms with van der Waals surface area (Å²) in [6.45, 7) is 15.2. The molecule has 0 radical (unpaired) electrons. The van der Waals surface area contributed by atoms with Crippen LogP contribution in [0.25, 0.3) is 0 Å². The van der Waals surface area contributed by atoms with Crippen LogP contribution in [-0.2, 0) is 98.3 Å². The van der Waals surface area contributed by atoms with Crippen LogP contribution in [0, 0.1) is 30.3 Å². The van der Waals surface area contributed by atoms with Crippen molar-refractivity contribution in [2.75, 3.05) is 58.3 Å². The van der Waals surface area contributed by atoms with E-state index in [0.717, 1.165) is 74.2 Å². The van der Waals surface area contributed by atoms with Gasteiger partial charge in [-0.1, -0.05) is 23.2 Å². The zero-order chi connectivity index (χ0) is 88.3. The third-order valence-corrected chi connectivity index (χ3v) is 17.4. The maximum Gasteiger partial charge on any atom is 0.519 e. The lowest BCUT2D eigenvalue weighted by molar-refractivity contribution is -0.385. The maximum absolute atomic E-state index is 11.5. The van der Waals surface area contributed by atoms with E-state index < -0.39 is 150 Å². The standard InChI is InChI=1S/C11H17N3O4S.C10H18O5.C7H11N3O4S2.C6H5ClN2O4S.C6H4ClNO5S.C6H7N3O4S.C6H9N3O2S.CH3ClO2S.CH4O/c1-11(2,3)18-10(15)14-7-4-5-8(12)9(6-7)19(13,16)17;1-9(2,3)14-7(11)13-8(12)15-10(4,5)6;1-15(11,12)10-5-2-3-6(8)7(4-5)16(9,13)14;7-5-2-1-4(9(10)11)3-6(5)14(8,12)13;7-5-2-1-4(8(9)10)3-6(5)14(11,12)13;7-5-2-1-4(9(10)11)3-6(5)14(8,12)13;7-4-1-2-5(8)6(3-4)12(9,10)11;1-5(2,3)4;1-2/h4-6H,12H2,1-3H3,(H,14,15)(H2,13,16,17);1-6H3;2-4,10H,8H2,1H3,(H2,9,13,14);1-3H,(H2,8,12,13);1-3H,(H,11,12,13);1-3H,7H2,(H2,8,12,13);1-3H,7-8H2,(H2,9,10,11);1H3;2H,1H3. The first kappa shape index (κ1) is 106. The van der Waals surface area contributed by atoms with E-state index in [9.17, 15) is 112 Å². The zero-order valence-corrected chi connectivity index (χ0v) is 68.4. The van der Waals surface area contributed by atoms with Crippen molar-refractivity contribution >= 4 is 188 Å². The second-order valence-electron chi connectivity index (χ2n) is 23.4. The van der Waals surface area contributed by atoms with Gasteiger partial charge < -0.3 is 52.7 Å². The van der Waals surface area contributed by atoms with E-state index in [0.29, 0.717) is 11.8 Å². The number of benzene rings is 6. The number of hydrogen-bond donors (Lipinski definition) is 14. The van der Waals surface area contributed by atoms with Crippen LogP contribution in [-0.4, -0.2) is 147 Å². The summed E-state index contributed by atoms with van der Waals surface area (Å²) < 4.78 is 202. The summed E-state index contributed by atoms with van der Waals surface area (Å²) in [7, 11) is -25.4. The van der Waals surface area contributed by atoms with Crippen LogP contribution < -0.4 is 64.4 Å². The Labute approximate surface area is 651 Å². The van der Waals surface area contributed by atoms with Crippen LogP contribution in [0.15, 0.2) is 139 Å². The number of amides is 1. The molecule has 6 aromatic carbocycles. The number of sulfonamides is 6. The molecule has 0 spiro atoms. The van der Waals surface area contributed by atoms with Gasteiger partial charge >= 0.3 is 18.4 Å². The molecule has 0 atom stereocenters. The number of aliphatic hydroxyl groups is 1. The van der Waals surface area contributed by atoms with E-state index in [1.165, 1.54) is 48.5 Å². The van der Waals surface area contributed by atoms with Gasteiger partial charge in [0.25, 0.3) is 27.2 Å². The molecule has 624 valence electrons. The summed E-state index contributed by atoms with van der Waals surface area (Å²) in [5.74, 6) is 0. The molecule has 0 aliphatic carbocycles. The van der Waals surface area contributed by atoms with Gasteiger partial charge in [-0.25, -0.2) is 99.0 Å². The Morgan fingerprint density at radius 1 is 0.414 bits per heavy atom. The third kappa shape index (κ3) is 46.7. The third-order valence-electron chi connectivity index (χ3n) is 10.2. The van der Waals surface area contributed by atoms with Gasteiger partial charge in [-0.15, -0.1) is 0 Å². The van der Waals surface area contributed by atoms with Crippen molar-refractivity contribution < 1.29 is 125 Å². The molecule has 46 nitrogen and oxygen atoms in total. The highest BCUT2D eigenvalue weighted by molar-refractivity contribution is 8.13. The number of aliphatic hydroxyl groups excluding tert-OH is 1. The summed E-state index contributed by atoms with van der Waals surface area (Å²) in [6.07, 6.45) is -0.944. The summed E-state index contributed by atoms with van der Waals surface area (Å²) in [5.41, 5.74) is 24.3. The smallest absolute Gasteiger partial charge is 0.444 e. The van der Waals surface area contributed by atoms with Gasteiger partial charge in [0.2, 0.25) is 69.2 Å². The highest BCUT2D eigenvalue weighted by Gasteiger charge is 2.26. The summed E-state index contributed by atoms with van der Waals surface area (Å²) in [5, 5.41) is 64.3. The van der Waals surface area contributed by atoms with Gasteiger partial charge in [0.15, 0.2) is 0 Å². The maximum atomic E-state index is 11.5. The van der Waals surface area contributed by atoms with E-state index in [1.807, 2.05) is 0 Å². The number of hydrogen-bond acceptors (Lipinski definition) is 35. The molecule has 0 saturated heterocycles. The number of nitrogens with zero attached hydrogens (tertiary/aromatic N) is 3. The molecule has 0 fully saturated rings. The minimum atomic E-state index is -4.53. The monoisotopic (exact) mass is 1790 g/mol. The fourth-order valence-electron chi connectivity index (χ4n) is 6.26. The van der Waals surface area contributed by atoms with E-state index >= 15 is 0 Å². The predicted molar refractivity (Wildman–Crippen MR) is 408 cm³/mol. The lowest BCUT2D eigenvalue weighted by atomic mass is 10.2. The molecule has 1 amide bonds. The molecule has 57 heteroatoms. The Morgan fingerprint density at radius 2 is 0.676 bits per heavy atom. The Balaban J connectivity index is -0.00000121. The van der Waals surface area contributed by atoms with Crippen molar-refractivity contribution in [3.8, 4) is 0 Å². The quantitative estimate of drug-likeness (QED) is 0.0113. The van der Waals surface area contributed by atoms with E-state index in [4.69, 9.17) is 101 Å². The highest BCUT2D eigenvalue weighted by Crippen LogP contribution is 2.29. The first-order valence-electron chi connectivity index (χ1n) is 28.4. The minimum absolute atomic E-state index is 0.0113. The molecule has 24 N–H and O–H groups in total. The summed E-state index contributed by atoms with van der Waals surface area (Å²) in [6, 6.07) is 20.6. The molecule has 0 heterocycles. The number of nitrogens with two attached hydrogens (primary N) is 10. The number of carbonyl (C=O) groups excluding carboxylic acids is 3. The SMILES string of the molecule is CC(C)(C)OC(=O)Nc1ccc(N)c(S(N)(=O)=O)c1.CC(C)(C)OC(=O)OC(=O)OC(C)(C)C.CO.CS(=O)(=O)Cl.CS(=O)(=O)Nc1ccc(N)c(S(N)(=O)=O)c1.NS(=O)(=O)c1cc([N+](=O)[O-])ccc1Cl.Nc1ccc(N)c(S(N)(=O)=O)c1.Nc1ccc([N+](=O)[O-])cc1S(N)(=O)=O.O=[N+]([O-])c1ccc(Cl)c(S(=O)(=O)O)c1. The van der Waals surface area contributed by atoms with Gasteiger partial charge in [-0.3, -0.25) is 44.9 Å². The lowest BCUT2D eigenvalue weighted by Crippen LogP contribution is -2.29. The zero-order valence-electron chi connectivity index (χ0n) is 59.6. The molecular weight excluding hydrogens is 1720 g/mol. The summed E-state index contributed by atoms with van der Waals surface area (Å²) >= 11 is 10.9. The Hall–Kier alpha value is -9.48. The number of nitrogen functional groups attached to an aromatic ring is 5. The number of nitro groups is 3. The van der Waals surface area contributed by atoms with Crippen LogP contribution in [0.2, 0.25) is 10.0 Å². The first-order valence-corrected chi connectivity index (χ1v) is 42.9. The van der Waals surface area contributed by atoms with Crippen molar-refractivity contribution in [1.29, 1.82) is 0 Å². The molecule has 0 saturated carbocycles. The molecular formula is C54H78Cl3N15O31S8. The van der Waals surface area contributed by atoms with Gasteiger partial charge in [0.05, 0.1) is 60.1 Å².